The van der Waals surface area contributed by atoms with E-state index in [4.69, 9.17) is 21.6 Å². The Kier molecular flexibility index (Phi) is 3.31. The molecule has 4 nitrogen and oxygen atoms in total. The van der Waals surface area contributed by atoms with Crippen molar-refractivity contribution in [2.75, 3.05) is 7.11 Å². The van der Waals surface area contributed by atoms with Crippen LogP contribution in [0.15, 0.2) is 30.3 Å². The van der Waals surface area contributed by atoms with Gasteiger partial charge in [0, 0.05) is 11.9 Å². The van der Waals surface area contributed by atoms with Crippen molar-refractivity contribution < 1.29 is 4.74 Å². The first-order chi connectivity index (χ1) is 8.28. The van der Waals surface area contributed by atoms with Crippen LogP contribution in [0.1, 0.15) is 11.3 Å². The molecule has 0 aliphatic heterocycles. The minimum absolute atomic E-state index is 0.322. The van der Waals surface area contributed by atoms with Gasteiger partial charge in [0.1, 0.15) is 6.07 Å². The van der Waals surface area contributed by atoms with Crippen LogP contribution in [0.25, 0.3) is 5.69 Å². The Balaban J connectivity index is 2.44. The number of alkyl halides is 1. The molecule has 0 bridgehead atoms. The average molecular weight is 248 g/mol. The van der Waals surface area contributed by atoms with Crippen molar-refractivity contribution in [3.63, 3.8) is 0 Å². The molecule has 0 aliphatic carbocycles. The zero-order valence-corrected chi connectivity index (χ0v) is 9.98. The van der Waals surface area contributed by atoms with Crippen molar-refractivity contribution in [1.29, 1.82) is 5.26 Å². The zero-order valence-electron chi connectivity index (χ0n) is 9.22. The van der Waals surface area contributed by atoms with Gasteiger partial charge in [0.2, 0.25) is 5.88 Å². The van der Waals surface area contributed by atoms with Gasteiger partial charge in [-0.2, -0.15) is 15.0 Å². The second-order valence-electron chi connectivity index (χ2n) is 3.40. The monoisotopic (exact) mass is 247 g/mol. The maximum atomic E-state index is 8.80. The number of methoxy groups -OCH3 is 1. The number of halogens is 1. The van der Waals surface area contributed by atoms with E-state index in [0.717, 1.165) is 11.3 Å². The molecule has 2 rings (SSSR count). The van der Waals surface area contributed by atoms with Crippen LogP contribution in [0, 0.1) is 11.3 Å². The molecular weight excluding hydrogens is 238 g/mol. The van der Waals surface area contributed by atoms with E-state index < -0.39 is 0 Å². The maximum Gasteiger partial charge on any atom is 0.217 e. The summed E-state index contributed by atoms with van der Waals surface area (Å²) >= 11 is 5.72. The molecule has 0 atom stereocenters. The van der Waals surface area contributed by atoms with Crippen LogP contribution in [0.5, 0.6) is 5.88 Å². The normalized spacial score (nSPS) is 9.94. The van der Waals surface area contributed by atoms with Gasteiger partial charge in [-0.1, -0.05) is 12.1 Å². The molecule has 2 aromatic rings. The van der Waals surface area contributed by atoms with Crippen LogP contribution in [0.3, 0.4) is 0 Å². The standard InChI is InChI=1S/C12H10ClN3O/c1-17-12-6-10(8-14)15-16(12)11-4-2-9(7-13)3-5-11/h2-6H,7H2,1H3. The SMILES string of the molecule is COc1cc(C#N)nn1-c1ccc(CCl)cc1. The maximum absolute atomic E-state index is 8.80. The minimum Gasteiger partial charge on any atom is -0.481 e. The molecule has 0 fully saturated rings. The highest BCUT2D eigenvalue weighted by atomic mass is 35.5. The molecule has 0 unspecified atom stereocenters. The van der Waals surface area contributed by atoms with E-state index in [-0.39, 0.29) is 0 Å². The van der Waals surface area contributed by atoms with Crippen molar-refractivity contribution >= 4 is 11.6 Å². The first kappa shape index (κ1) is 11.5. The molecule has 0 N–H and O–H groups in total. The van der Waals surface area contributed by atoms with Gasteiger partial charge in [-0.15, -0.1) is 11.6 Å². The van der Waals surface area contributed by atoms with Crippen LogP contribution < -0.4 is 4.74 Å². The van der Waals surface area contributed by atoms with E-state index in [1.165, 1.54) is 0 Å². The van der Waals surface area contributed by atoms with Gasteiger partial charge >= 0.3 is 0 Å². The molecule has 17 heavy (non-hydrogen) atoms. The van der Waals surface area contributed by atoms with E-state index >= 15 is 0 Å². The summed E-state index contributed by atoms with van der Waals surface area (Å²) in [7, 11) is 1.54. The van der Waals surface area contributed by atoms with Gasteiger partial charge < -0.3 is 4.74 Å². The number of hydrogen-bond donors (Lipinski definition) is 0. The Bertz CT molecular complexity index is 554. The fourth-order valence-electron chi connectivity index (χ4n) is 1.48. The molecule has 86 valence electrons. The summed E-state index contributed by atoms with van der Waals surface area (Å²) in [4.78, 5) is 0. The second-order valence-corrected chi connectivity index (χ2v) is 3.66. The first-order valence-electron chi connectivity index (χ1n) is 4.98. The fourth-order valence-corrected chi connectivity index (χ4v) is 1.65. The average Bonchev–Trinajstić information content (AvgIpc) is 2.82. The lowest BCUT2D eigenvalue weighted by Gasteiger charge is -2.06. The highest BCUT2D eigenvalue weighted by Gasteiger charge is 2.09. The Morgan fingerprint density at radius 1 is 1.41 bits per heavy atom. The summed E-state index contributed by atoms with van der Waals surface area (Å²) in [5, 5.41) is 12.9. The third-order valence-electron chi connectivity index (χ3n) is 2.34. The van der Waals surface area contributed by atoms with Crippen molar-refractivity contribution in [2.24, 2.45) is 0 Å². The molecule has 0 spiro atoms. The van der Waals surface area contributed by atoms with Gasteiger partial charge in [0.05, 0.1) is 12.8 Å². The molecule has 1 aromatic carbocycles. The number of rotatable bonds is 3. The van der Waals surface area contributed by atoms with E-state index in [0.29, 0.717) is 17.5 Å². The summed E-state index contributed by atoms with van der Waals surface area (Å²) in [5.41, 5.74) is 2.18. The molecule has 0 amide bonds. The summed E-state index contributed by atoms with van der Waals surface area (Å²) in [6.07, 6.45) is 0. The molecular formula is C12H10ClN3O. The summed E-state index contributed by atoms with van der Waals surface area (Å²) in [6.45, 7) is 0. The van der Waals surface area contributed by atoms with Crippen molar-refractivity contribution in [2.45, 2.75) is 5.88 Å². The highest BCUT2D eigenvalue weighted by molar-refractivity contribution is 6.17. The van der Waals surface area contributed by atoms with Crippen molar-refractivity contribution in [3.8, 4) is 17.6 Å². The number of ether oxygens (including phenoxy) is 1. The third kappa shape index (κ3) is 2.24. The topological polar surface area (TPSA) is 50.8 Å². The minimum atomic E-state index is 0.322. The lowest BCUT2D eigenvalue weighted by atomic mass is 10.2. The van der Waals surface area contributed by atoms with Gasteiger partial charge in [0.25, 0.3) is 0 Å². The third-order valence-corrected chi connectivity index (χ3v) is 2.64. The fraction of sp³-hybridized carbons (Fsp3) is 0.167. The zero-order chi connectivity index (χ0) is 12.3. The van der Waals surface area contributed by atoms with Gasteiger partial charge in [0.15, 0.2) is 5.69 Å². The van der Waals surface area contributed by atoms with E-state index in [1.54, 1.807) is 17.9 Å². The highest BCUT2D eigenvalue weighted by Crippen LogP contribution is 2.19. The van der Waals surface area contributed by atoms with Crippen LogP contribution in [-0.4, -0.2) is 16.9 Å². The van der Waals surface area contributed by atoms with Crippen LogP contribution >= 0.6 is 11.6 Å². The smallest absolute Gasteiger partial charge is 0.217 e. The molecule has 1 heterocycles. The van der Waals surface area contributed by atoms with Crippen LogP contribution in [0.4, 0.5) is 0 Å². The molecule has 0 aliphatic rings. The van der Waals surface area contributed by atoms with Crippen molar-refractivity contribution in [3.05, 3.63) is 41.6 Å². The number of benzene rings is 1. The molecule has 1 aromatic heterocycles. The van der Waals surface area contributed by atoms with Crippen LogP contribution in [0.2, 0.25) is 0 Å². The lowest BCUT2D eigenvalue weighted by molar-refractivity contribution is 0.383. The number of nitriles is 1. The Morgan fingerprint density at radius 3 is 2.65 bits per heavy atom. The van der Waals surface area contributed by atoms with Crippen molar-refractivity contribution in [1.82, 2.24) is 9.78 Å². The van der Waals surface area contributed by atoms with Gasteiger partial charge in [-0.05, 0) is 17.7 Å². The number of aromatic nitrogens is 2. The molecule has 0 saturated carbocycles. The quantitative estimate of drug-likeness (QED) is 0.783. The number of nitrogens with zero attached hydrogens (tertiary/aromatic N) is 3. The summed E-state index contributed by atoms with van der Waals surface area (Å²) in [5.74, 6) is 1.00. The second kappa shape index (κ2) is 4.89. The van der Waals surface area contributed by atoms with Crippen LogP contribution in [-0.2, 0) is 5.88 Å². The summed E-state index contributed by atoms with van der Waals surface area (Å²) in [6, 6.07) is 11.2. The Hall–Kier alpha value is -1.99. The van der Waals surface area contributed by atoms with E-state index in [1.807, 2.05) is 30.3 Å². The predicted octanol–water partition coefficient (Wildman–Crippen LogP) is 2.49. The largest absolute Gasteiger partial charge is 0.481 e. The molecule has 0 saturated heterocycles. The van der Waals surface area contributed by atoms with E-state index in [9.17, 15) is 0 Å². The Morgan fingerprint density at radius 2 is 2.12 bits per heavy atom. The summed E-state index contributed by atoms with van der Waals surface area (Å²) < 4.78 is 6.74. The lowest BCUT2D eigenvalue weighted by Crippen LogP contribution is -1.99. The van der Waals surface area contributed by atoms with Gasteiger partial charge in [-0.3, -0.25) is 0 Å². The first-order valence-corrected chi connectivity index (χ1v) is 5.51. The van der Waals surface area contributed by atoms with E-state index in [2.05, 4.69) is 5.10 Å². The number of hydrogen-bond acceptors (Lipinski definition) is 3. The van der Waals surface area contributed by atoms with Gasteiger partial charge in [-0.25, -0.2) is 0 Å². The molecule has 0 radical (unpaired) electrons. The molecule has 5 heteroatoms. The predicted molar refractivity (Wildman–Crippen MR) is 64.4 cm³/mol. The Labute approximate surface area is 104 Å².